The van der Waals surface area contributed by atoms with Gasteiger partial charge in [-0.15, -0.1) is 0 Å². The number of carboxylic acid groups (broad SMARTS) is 1. The predicted octanol–water partition coefficient (Wildman–Crippen LogP) is -2.57. The van der Waals surface area contributed by atoms with Gasteiger partial charge in [-0.05, 0) is 105 Å². The zero-order valence-corrected chi connectivity index (χ0v) is 55.3. The molecule has 16 N–H and O–H groups in total. The van der Waals surface area contributed by atoms with Crippen molar-refractivity contribution in [1.29, 1.82) is 0 Å². The molecule has 0 aromatic heterocycles. The number of unbranched alkanes of at least 4 members (excludes halogenated alkanes) is 1. The zero-order chi connectivity index (χ0) is 69.4. The molecule has 11 aliphatic rings. The lowest BCUT2D eigenvalue weighted by Crippen LogP contribution is -2.75. The van der Waals surface area contributed by atoms with Crippen LogP contribution in [-0.2, 0) is 66.4 Å². The Kier molecular flexibility index (Phi) is 21.1. The molecule has 6 saturated heterocycles. The molecule has 2 bridgehead atoms. The van der Waals surface area contributed by atoms with Crippen molar-refractivity contribution in [2.75, 3.05) is 19.8 Å². The lowest BCUT2D eigenvalue weighted by Gasteiger charge is -2.75. The number of aliphatic hydroxyl groups excluding tert-OH is 15. The fourth-order valence-electron chi connectivity index (χ4n) is 20.1. The molecule has 5 saturated carbocycles. The fourth-order valence-corrected chi connectivity index (χ4v) is 20.1. The molecule has 95 heavy (non-hydrogen) atoms. The SMILES string of the molecule is CCC/C=C\C(=O)O[C@H]1CC(C)(C)C[C@@H]2[C@]13C(O)O[C@@]21CC[C@@H]2[C@@]4(C)CCC(O[C@@H]5O[C@H](C(=O)O)[C@@H](O)[C@H](O[C@@H]6O[C@H](CO)[C@H](O)[C@H](O)[C@H]6O[C@@H]6O[C@@H](C)[C@H](O)[C@@H](O)[C@H]6O[C@@H]6OC[C@@H](O)[C@H](O)[C@H]6O)[C@H]5O[C@@H]5O[C@H](CO)[C@H](O)[C@H](O)[C@H]5O)C(C)(C)[C@@H]4CC[C@@]2(C)[C@]1(C)C[C@H]3O. The van der Waals surface area contributed by atoms with Crippen molar-refractivity contribution in [3.8, 4) is 0 Å². The van der Waals surface area contributed by atoms with Gasteiger partial charge < -0.3 is 139 Å². The van der Waals surface area contributed by atoms with Gasteiger partial charge >= 0.3 is 11.9 Å². The average molecular weight is 1370 g/mol. The first-order valence-corrected chi connectivity index (χ1v) is 33.9. The number of fused-ring (bicyclic) bond motifs is 4. The van der Waals surface area contributed by atoms with E-state index in [0.29, 0.717) is 57.8 Å². The normalized spacial score (nSPS) is 54.2. The summed E-state index contributed by atoms with van der Waals surface area (Å²) in [6, 6.07) is 0. The number of carbonyl (C=O) groups is 2. The molecular weight excluding hydrogens is 1260 g/mol. The third kappa shape index (κ3) is 12.0. The van der Waals surface area contributed by atoms with Crippen molar-refractivity contribution in [2.45, 2.75) is 311 Å². The second-order valence-corrected chi connectivity index (χ2v) is 31.2. The quantitative estimate of drug-likeness (QED) is 0.0404. The molecule has 0 aromatic rings. The molecule has 11 rings (SSSR count). The number of aliphatic hydroxyl groups is 15. The van der Waals surface area contributed by atoms with Gasteiger partial charge in [-0.2, -0.15) is 0 Å². The molecule has 0 amide bonds. The summed E-state index contributed by atoms with van der Waals surface area (Å²) < 4.78 is 74.9. The van der Waals surface area contributed by atoms with Crippen LogP contribution in [0.25, 0.3) is 0 Å². The largest absolute Gasteiger partial charge is 0.479 e. The van der Waals surface area contributed by atoms with Crippen LogP contribution in [0.1, 0.15) is 133 Å². The van der Waals surface area contributed by atoms with Gasteiger partial charge in [0.25, 0.3) is 0 Å². The van der Waals surface area contributed by atoms with Crippen molar-refractivity contribution in [3.05, 3.63) is 12.2 Å². The van der Waals surface area contributed by atoms with Crippen LogP contribution in [0.5, 0.6) is 0 Å². The minimum absolute atomic E-state index is 0.00846. The van der Waals surface area contributed by atoms with E-state index in [1.807, 2.05) is 20.8 Å². The molecule has 36 atom stereocenters. The Balaban J connectivity index is 0.903. The molecule has 1 spiro atoms. The van der Waals surface area contributed by atoms with Crippen LogP contribution in [0.15, 0.2) is 12.2 Å². The second kappa shape index (κ2) is 27.1. The van der Waals surface area contributed by atoms with Gasteiger partial charge in [-0.1, -0.05) is 67.9 Å². The summed E-state index contributed by atoms with van der Waals surface area (Å²) in [5.74, 6) is -2.83. The highest BCUT2D eigenvalue weighted by Gasteiger charge is 2.84. The number of carbonyl (C=O) groups excluding carboxylic acids is 1. The summed E-state index contributed by atoms with van der Waals surface area (Å²) >= 11 is 0. The van der Waals surface area contributed by atoms with Gasteiger partial charge in [-0.25, -0.2) is 9.59 Å². The summed E-state index contributed by atoms with van der Waals surface area (Å²) in [7, 11) is 0. The lowest BCUT2D eigenvalue weighted by atomic mass is 9.30. The number of hydrogen-bond donors (Lipinski definition) is 16. The van der Waals surface area contributed by atoms with Crippen molar-refractivity contribution in [1.82, 2.24) is 0 Å². The first-order valence-electron chi connectivity index (χ1n) is 33.9. The third-order valence-electron chi connectivity index (χ3n) is 25.2. The molecule has 0 radical (unpaired) electrons. The number of hydrogen-bond acceptors (Lipinski definition) is 29. The fraction of sp³-hybridized carbons (Fsp3) is 0.938. The van der Waals surface area contributed by atoms with E-state index in [2.05, 4.69) is 34.6 Å². The predicted molar refractivity (Wildman–Crippen MR) is 318 cm³/mol. The standard InChI is InChI=1S/C65H104O30/c1-10-11-12-13-36(70)88-35-22-59(3,4)20-32-64-19-15-31-61(7)17-16-34(60(5,6)30(61)14-18-62(31,8)63(64,9)21-33(69)65(32,35)58(83)95-64)89-57-51(94-54-45(79)41(75)39(73)28(23-66)86-54)47(46(80)48(91-57)52(81)82)90-56-50(43(77)40(74)29(24-67)87-56)93-55-49(42(76)37(71)26(2)85-55)92-53-44(78)38(72)27(68)25-84-53/h12-13,26-35,37-51,53-58,66-69,71-80,83H,10-11,14-25H2,1-9H3,(H,81,82)/b13-12-/t26-,27+,28+,29+,30-,31+,32-,33+,34?,35-,37-,38-,39-,40-,41-,42+,43-,44+,45+,46-,47-,48-,49+,50+,51+,53-,54-,55-,56-,57+,58?,61-,62+,63-,64-,65+/m0/s1. The molecule has 30 heteroatoms. The Labute approximate surface area is 551 Å². The summed E-state index contributed by atoms with van der Waals surface area (Å²) in [5, 5.41) is 180. The van der Waals surface area contributed by atoms with Crippen LogP contribution in [0.3, 0.4) is 0 Å². The van der Waals surface area contributed by atoms with Crippen molar-refractivity contribution in [3.63, 3.8) is 0 Å². The van der Waals surface area contributed by atoms with Crippen molar-refractivity contribution in [2.24, 2.45) is 50.2 Å². The van der Waals surface area contributed by atoms with E-state index in [4.69, 9.17) is 56.8 Å². The first-order chi connectivity index (χ1) is 44.5. The van der Waals surface area contributed by atoms with E-state index in [1.54, 1.807) is 6.08 Å². The maximum Gasteiger partial charge on any atom is 0.335 e. The summed E-state index contributed by atoms with van der Waals surface area (Å²) in [6.45, 7) is 15.9. The van der Waals surface area contributed by atoms with Crippen LogP contribution >= 0.6 is 0 Å². The molecule has 2 unspecified atom stereocenters. The van der Waals surface area contributed by atoms with E-state index in [-0.39, 0.29) is 29.6 Å². The van der Waals surface area contributed by atoms with Gasteiger partial charge in [0, 0.05) is 17.4 Å². The monoisotopic (exact) mass is 1360 g/mol. The van der Waals surface area contributed by atoms with Gasteiger partial charge in [0.2, 0.25) is 0 Å². The molecule has 5 aliphatic carbocycles. The minimum Gasteiger partial charge on any atom is -0.479 e. The van der Waals surface area contributed by atoms with E-state index in [1.165, 1.54) is 13.0 Å². The summed E-state index contributed by atoms with van der Waals surface area (Å²) in [6.07, 6.45) is -41.4. The highest BCUT2D eigenvalue weighted by atomic mass is 16.8. The third-order valence-corrected chi connectivity index (χ3v) is 25.2. The topological polar surface area (TPSA) is 469 Å². The molecule has 0 aromatic carbocycles. The number of carboxylic acids is 1. The highest BCUT2D eigenvalue weighted by Crippen LogP contribution is 2.81. The lowest BCUT2D eigenvalue weighted by molar-refractivity contribution is -0.411. The van der Waals surface area contributed by atoms with E-state index in [9.17, 15) is 91.3 Å². The van der Waals surface area contributed by atoms with Gasteiger partial charge in [-0.3, -0.25) is 0 Å². The van der Waals surface area contributed by atoms with Crippen LogP contribution in [-0.4, -0.2) is 291 Å². The molecule has 11 fully saturated rings. The Morgan fingerprint density at radius 1 is 0.547 bits per heavy atom. The summed E-state index contributed by atoms with van der Waals surface area (Å²) in [4.78, 5) is 26.9. The molecule has 544 valence electrons. The number of allylic oxidation sites excluding steroid dienone is 1. The van der Waals surface area contributed by atoms with E-state index >= 15 is 0 Å². The van der Waals surface area contributed by atoms with Crippen LogP contribution in [0.4, 0.5) is 0 Å². The molecule has 6 heterocycles. The summed E-state index contributed by atoms with van der Waals surface area (Å²) in [5.41, 5.74) is -5.10. The van der Waals surface area contributed by atoms with Gasteiger partial charge in [0.1, 0.15) is 110 Å². The zero-order valence-electron chi connectivity index (χ0n) is 55.3. The van der Waals surface area contributed by atoms with Crippen LogP contribution in [0, 0.1) is 50.2 Å². The smallest absolute Gasteiger partial charge is 0.335 e. The number of rotatable bonds is 17. The molecule has 30 nitrogen and oxygen atoms in total. The van der Waals surface area contributed by atoms with Crippen LogP contribution in [0.2, 0.25) is 0 Å². The number of aliphatic carboxylic acids is 1. The molecule has 6 aliphatic heterocycles. The van der Waals surface area contributed by atoms with E-state index in [0.717, 1.165) is 6.42 Å². The Morgan fingerprint density at radius 3 is 1.78 bits per heavy atom. The van der Waals surface area contributed by atoms with Crippen LogP contribution < -0.4 is 0 Å². The maximum atomic E-state index is 13.5. The van der Waals surface area contributed by atoms with Gasteiger partial charge in [0.05, 0.1) is 49.1 Å². The van der Waals surface area contributed by atoms with E-state index < -0.39 is 236 Å². The number of esters is 1. The van der Waals surface area contributed by atoms with Crippen molar-refractivity contribution < 1.29 is 148 Å². The Hall–Kier alpha value is -2.36. The highest BCUT2D eigenvalue weighted by molar-refractivity contribution is 5.82. The Bertz CT molecular complexity index is 2720. The second-order valence-electron chi connectivity index (χ2n) is 31.2. The average Bonchev–Trinajstić information content (AvgIpc) is 1.55. The number of ether oxygens (including phenoxy) is 12. The maximum absolute atomic E-state index is 13.5. The molecular formula is C65H104O30. The first kappa shape index (κ1) is 73.8. The minimum atomic E-state index is -2.34. The van der Waals surface area contributed by atoms with Crippen molar-refractivity contribution >= 4 is 11.9 Å². The van der Waals surface area contributed by atoms with Gasteiger partial charge in [0.15, 0.2) is 43.8 Å². The Morgan fingerprint density at radius 2 is 1.13 bits per heavy atom.